The molecule has 0 aromatic heterocycles. The highest BCUT2D eigenvalue weighted by Crippen LogP contribution is 2.15. The maximum atomic E-state index is 12.9. The van der Waals surface area contributed by atoms with E-state index < -0.39 is 24.3 Å². The molecule has 80 heavy (non-hydrogen) atoms. The SMILES string of the molecule is CC/C=C\C/C=C\C/C=C\C/C=C\C/C=C\C/C=C\C/C=C\C/C=C\C/C=C\C/C=C\CCCCCCCCCCCCC(=O)OC(COC(=O)CCCCCCC/C=C\CCCCCCC)COC(OCC[N+](C)(C)C)C(=O)O. The number of carboxylic acid groups (broad SMARTS) is 1. The molecule has 0 aromatic rings. The summed E-state index contributed by atoms with van der Waals surface area (Å²) < 4.78 is 22.9. The van der Waals surface area contributed by atoms with Crippen LogP contribution in [0.25, 0.3) is 0 Å². The van der Waals surface area contributed by atoms with E-state index in [9.17, 15) is 19.5 Å². The van der Waals surface area contributed by atoms with Crippen LogP contribution in [0, 0.1) is 0 Å². The van der Waals surface area contributed by atoms with Gasteiger partial charge in [-0.05, 0) is 116 Å². The summed E-state index contributed by atoms with van der Waals surface area (Å²) in [6, 6.07) is 0. The minimum atomic E-state index is -1.52. The van der Waals surface area contributed by atoms with E-state index in [1.165, 1.54) is 77.0 Å². The molecule has 0 bridgehead atoms. The molecule has 1 N–H and O–H groups in total. The van der Waals surface area contributed by atoms with E-state index in [2.05, 4.69) is 148 Å². The number of rotatable bonds is 57. The molecule has 454 valence electrons. The van der Waals surface area contributed by atoms with E-state index in [4.69, 9.17) is 18.9 Å². The molecule has 0 amide bonds. The number of hydrogen-bond donors (Lipinski definition) is 1. The number of carboxylic acids is 1. The number of nitrogens with zero attached hydrogens (tertiary/aromatic N) is 1. The van der Waals surface area contributed by atoms with Crippen LogP contribution in [0.5, 0.6) is 0 Å². The number of unbranched alkanes of at least 4 members (excludes halogenated alkanes) is 20. The number of esters is 2. The van der Waals surface area contributed by atoms with Crippen LogP contribution in [0.4, 0.5) is 0 Å². The van der Waals surface area contributed by atoms with Crippen LogP contribution >= 0.6 is 0 Å². The maximum Gasteiger partial charge on any atom is 0.361 e. The van der Waals surface area contributed by atoms with Gasteiger partial charge in [0, 0.05) is 12.8 Å². The third-order valence-electron chi connectivity index (χ3n) is 13.1. The number of carbonyl (C=O) groups excluding carboxylic acids is 2. The first-order valence-corrected chi connectivity index (χ1v) is 31.8. The second-order valence-electron chi connectivity index (χ2n) is 22.0. The average Bonchev–Trinajstić information content (AvgIpc) is 3.43. The number of likely N-dealkylation sites (N-methyl/N-ethyl adjacent to an activating group) is 1. The molecule has 0 heterocycles. The lowest BCUT2D eigenvalue weighted by atomic mass is 10.0. The van der Waals surface area contributed by atoms with Crippen molar-refractivity contribution in [3.8, 4) is 0 Å². The van der Waals surface area contributed by atoms with Crippen molar-refractivity contribution in [1.82, 2.24) is 0 Å². The monoisotopic (exact) mass is 1110 g/mol. The van der Waals surface area contributed by atoms with Crippen LogP contribution in [0.15, 0.2) is 134 Å². The van der Waals surface area contributed by atoms with Crippen LogP contribution in [0.3, 0.4) is 0 Å². The van der Waals surface area contributed by atoms with Crippen LogP contribution in [-0.4, -0.2) is 87.4 Å². The van der Waals surface area contributed by atoms with Crippen molar-refractivity contribution in [2.75, 3.05) is 47.5 Å². The van der Waals surface area contributed by atoms with Crippen LogP contribution in [0.1, 0.15) is 239 Å². The van der Waals surface area contributed by atoms with E-state index in [0.717, 1.165) is 128 Å². The Kier molecular flexibility index (Phi) is 57.1. The van der Waals surface area contributed by atoms with Gasteiger partial charge in [0.2, 0.25) is 0 Å². The second-order valence-corrected chi connectivity index (χ2v) is 22.0. The van der Waals surface area contributed by atoms with Crippen molar-refractivity contribution >= 4 is 17.9 Å². The number of ether oxygens (including phenoxy) is 4. The Morgan fingerprint density at radius 1 is 0.388 bits per heavy atom. The summed E-state index contributed by atoms with van der Waals surface area (Å²) in [4.78, 5) is 37.4. The number of allylic oxidation sites excluding steroid dienone is 22. The van der Waals surface area contributed by atoms with Gasteiger partial charge in [0.25, 0.3) is 6.29 Å². The van der Waals surface area contributed by atoms with Gasteiger partial charge in [0.1, 0.15) is 13.2 Å². The molecule has 2 unspecified atom stereocenters. The quantitative estimate of drug-likeness (QED) is 0.0211. The highest BCUT2D eigenvalue weighted by molar-refractivity contribution is 5.71. The minimum Gasteiger partial charge on any atom is -0.477 e. The standard InChI is InChI=1S/C71H117NO8/c1-6-8-10-12-14-16-18-20-22-23-24-25-26-27-28-29-30-31-32-33-34-35-36-37-38-39-40-41-42-43-44-45-46-47-48-50-52-54-56-58-60-62-69(74)80-67(66-79-71(70(75)76)77-64-63-72(3,4)5)65-78-68(73)61-59-57-55-53-51-49-21-19-17-15-13-11-9-7-2/h8,10,14,16,19-22,24-25,27-28,30-31,33-34,36-37,39-40,42-43,67,71H,6-7,9,11-13,15,17-18,23,26,29,32,35,38,41,44-66H2,1-5H3/p+1/b10-8-,16-14-,21-19-,22-20-,25-24-,28-27-,31-30-,34-33-,37-36-,40-39-,43-42-. The van der Waals surface area contributed by atoms with Crippen molar-refractivity contribution in [2.24, 2.45) is 0 Å². The molecule has 0 aliphatic rings. The number of aliphatic carboxylic acids is 1. The fourth-order valence-electron chi connectivity index (χ4n) is 8.27. The Labute approximate surface area is 490 Å². The van der Waals surface area contributed by atoms with Crippen molar-refractivity contribution < 1.29 is 42.9 Å². The Morgan fingerprint density at radius 3 is 1.07 bits per heavy atom. The van der Waals surface area contributed by atoms with E-state index in [1.54, 1.807) is 0 Å². The van der Waals surface area contributed by atoms with Crippen molar-refractivity contribution in [3.63, 3.8) is 0 Å². The number of hydrogen-bond acceptors (Lipinski definition) is 7. The van der Waals surface area contributed by atoms with E-state index >= 15 is 0 Å². The third-order valence-corrected chi connectivity index (χ3v) is 13.1. The van der Waals surface area contributed by atoms with Gasteiger partial charge in [0.15, 0.2) is 6.10 Å². The summed E-state index contributed by atoms with van der Waals surface area (Å²) in [5.74, 6) is -2.03. The molecule has 0 rings (SSSR count). The Balaban J connectivity index is 4.13. The zero-order chi connectivity index (χ0) is 58.3. The van der Waals surface area contributed by atoms with E-state index in [0.29, 0.717) is 17.4 Å². The molecule has 0 saturated carbocycles. The Morgan fingerprint density at radius 2 is 0.713 bits per heavy atom. The molecule has 9 heteroatoms. The topological polar surface area (TPSA) is 108 Å². The lowest BCUT2D eigenvalue weighted by Crippen LogP contribution is -2.40. The van der Waals surface area contributed by atoms with E-state index in [1.807, 2.05) is 21.1 Å². The zero-order valence-corrected chi connectivity index (χ0v) is 51.7. The molecule has 0 fully saturated rings. The first kappa shape index (κ1) is 75.4. The van der Waals surface area contributed by atoms with Crippen LogP contribution < -0.4 is 0 Å². The maximum absolute atomic E-state index is 12.9. The fourth-order valence-corrected chi connectivity index (χ4v) is 8.27. The lowest BCUT2D eigenvalue weighted by Gasteiger charge is -2.25. The number of carbonyl (C=O) groups is 3. The molecular weight excluding hydrogens is 995 g/mol. The summed E-state index contributed by atoms with van der Waals surface area (Å²) in [6.45, 7) is 4.73. The first-order chi connectivity index (χ1) is 39.1. The molecule has 0 spiro atoms. The molecule has 2 atom stereocenters. The van der Waals surface area contributed by atoms with Gasteiger partial charge in [-0.15, -0.1) is 0 Å². The van der Waals surface area contributed by atoms with Gasteiger partial charge >= 0.3 is 17.9 Å². The molecular formula is C71H118NO8+. The average molecular weight is 1110 g/mol. The smallest absolute Gasteiger partial charge is 0.361 e. The summed E-state index contributed by atoms with van der Waals surface area (Å²) in [5, 5.41) is 9.70. The summed E-state index contributed by atoms with van der Waals surface area (Å²) in [5.41, 5.74) is 0. The first-order valence-electron chi connectivity index (χ1n) is 31.8. The molecule has 9 nitrogen and oxygen atoms in total. The van der Waals surface area contributed by atoms with E-state index in [-0.39, 0.29) is 38.6 Å². The van der Waals surface area contributed by atoms with Crippen LogP contribution in [-0.2, 0) is 33.3 Å². The van der Waals surface area contributed by atoms with Crippen LogP contribution in [0.2, 0.25) is 0 Å². The van der Waals surface area contributed by atoms with Gasteiger partial charge in [0.05, 0.1) is 34.4 Å². The third kappa shape index (κ3) is 61.1. The molecule has 0 aromatic carbocycles. The highest BCUT2D eigenvalue weighted by Gasteiger charge is 2.25. The molecule has 0 aliphatic carbocycles. The Hall–Kier alpha value is -4.57. The fraction of sp³-hybridized carbons (Fsp3) is 0.648. The zero-order valence-electron chi connectivity index (χ0n) is 51.7. The normalized spacial score (nSPS) is 13.7. The minimum absolute atomic E-state index is 0.180. The molecule has 0 saturated heterocycles. The largest absolute Gasteiger partial charge is 0.477 e. The predicted molar refractivity (Wildman–Crippen MR) is 341 cm³/mol. The second kappa shape index (κ2) is 60.5. The number of quaternary nitrogens is 1. The van der Waals surface area contributed by atoms with Gasteiger partial charge in [-0.25, -0.2) is 4.79 Å². The van der Waals surface area contributed by atoms with Crippen molar-refractivity contribution in [1.29, 1.82) is 0 Å². The summed E-state index contributed by atoms with van der Waals surface area (Å²) in [7, 11) is 5.96. The van der Waals surface area contributed by atoms with Gasteiger partial charge in [-0.3, -0.25) is 9.59 Å². The molecule has 0 aliphatic heterocycles. The molecule has 0 radical (unpaired) electrons. The van der Waals surface area contributed by atoms with Gasteiger partial charge in [-0.1, -0.05) is 244 Å². The lowest BCUT2D eigenvalue weighted by molar-refractivity contribution is -0.870. The van der Waals surface area contributed by atoms with Crippen molar-refractivity contribution in [3.05, 3.63) is 134 Å². The predicted octanol–water partition coefficient (Wildman–Crippen LogP) is 19.4. The summed E-state index contributed by atoms with van der Waals surface area (Å²) >= 11 is 0. The summed E-state index contributed by atoms with van der Waals surface area (Å²) in [6.07, 6.45) is 84.1. The van der Waals surface area contributed by atoms with Gasteiger partial charge < -0.3 is 28.5 Å². The van der Waals surface area contributed by atoms with Crippen molar-refractivity contribution in [2.45, 2.75) is 251 Å². The highest BCUT2D eigenvalue weighted by atomic mass is 16.7. The Bertz CT molecular complexity index is 1770. The van der Waals surface area contributed by atoms with Gasteiger partial charge in [-0.2, -0.15) is 0 Å².